The Morgan fingerprint density at radius 3 is 2.66 bits per heavy atom. The van der Waals surface area contributed by atoms with E-state index in [0.717, 1.165) is 42.4 Å². The Balaban J connectivity index is 1.39. The molecular formula is C26H26FN3O2. The highest BCUT2D eigenvalue weighted by molar-refractivity contribution is 6.03. The normalized spacial score (nSPS) is 24.3. The van der Waals surface area contributed by atoms with Crippen LogP contribution in [-0.2, 0) is 0 Å². The molecule has 0 amide bonds. The van der Waals surface area contributed by atoms with E-state index in [-0.39, 0.29) is 29.4 Å². The number of rotatable bonds is 6. The largest absolute Gasteiger partial charge is 0.477 e. The summed E-state index contributed by atoms with van der Waals surface area (Å²) < 4.78 is 19.0. The molecule has 164 valence electrons. The third-order valence-corrected chi connectivity index (χ3v) is 7.05. The first-order valence-electron chi connectivity index (χ1n) is 11.3. The van der Waals surface area contributed by atoms with E-state index in [1.54, 1.807) is 24.5 Å². The van der Waals surface area contributed by atoms with Gasteiger partial charge in [0, 0.05) is 35.5 Å². The predicted octanol–water partition coefficient (Wildman–Crippen LogP) is 5.30. The lowest BCUT2D eigenvalue weighted by atomic mass is 9.69. The molecule has 2 aromatic heterocycles. The molecule has 4 atom stereocenters. The number of ether oxygens (including phenoxy) is 1. The summed E-state index contributed by atoms with van der Waals surface area (Å²) in [6.45, 7) is 2.51. The molecule has 5 nitrogen and oxygen atoms in total. The maximum atomic E-state index is 13.9. The summed E-state index contributed by atoms with van der Waals surface area (Å²) in [7, 11) is 0. The van der Waals surface area contributed by atoms with E-state index in [4.69, 9.17) is 4.74 Å². The number of Topliss-reactive ketones (excluding diaryl/α,β-unsaturated/α-hetero) is 1. The van der Waals surface area contributed by atoms with Crippen LogP contribution in [0.4, 0.5) is 4.39 Å². The highest BCUT2D eigenvalue weighted by Crippen LogP contribution is 2.51. The molecular weight excluding hydrogens is 405 g/mol. The Labute approximate surface area is 187 Å². The lowest BCUT2D eigenvalue weighted by Crippen LogP contribution is -2.36. The number of nitrogens with zero attached hydrogens (tertiary/aromatic N) is 3. The number of hydrogen-bond donors (Lipinski definition) is 0. The topological polar surface area (TPSA) is 65.0 Å². The second-order valence-corrected chi connectivity index (χ2v) is 8.98. The quantitative estimate of drug-likeness (QED) is 0.496. The zero-order chi connectivity index (χ0) is 22.1. The standard InChI is InChI=1S/C26H26FN3O2/c1-16-3-8-21(26-28-11-2-12-29-26)22(13-16)25(31)24-17-4-5-18(20(24)9-6-17)15-32-23-10-7-19(27)14-30-23/h2-3,7-8,10-14,17-18,20,24H,4-6,9,15H2,1H3. The van der Waals surface area contributed by atoms with Crippen LogP contribution in [0.15, 0.2) is 55.0 Å². The zero-order valence-electron chi connectivity index (χ0n) is 18.1. The number of aryl methyl sites for hydroxylation is 1. The third kappa shape index (κ3) is 4.01. The molecule has 2 aliphatic carbocycles. The Hall–Kier alpha value is -3.15. The summed E-state index contributed by atoms with van der Waals surface area (Å²) >= 11 is 0. The van der Waals surface area contributed by atoms with Gasteiger partial charge in [0.1, 0.15) is 5.82 Å². The Kier molecular flexibility index (Phi) is 5.68. The minimum absolute atomic E-state index is 0.0113. The van der Waals surface area contributed by atoms with Crippen molar-refractivity contribution in [3.63, 3.8) is 0 Å². The van der Waals surface area contributed by atoms with Gasteiger partial charge in [-0.15, -0.1) is 0 Å². The molecule has 2 heterocycles. The number of carbonyl (C=O) groups is 1. The van der Waals surface area contributed by atoms with Gasteiger partial charge in [0.25, 0.3) is 0 Å². The van der Waals surface area contributed by atoms with Crippen LogP contribution in [-0.4, -0.2) is 27.3 Å². The van der Waals surface area contributed by atoms with E-state index in [1.165, 1.54) is 12.3 Å². The summed E-state index contributed by atoms with van der Waals surface area (Å²) in [5.74, 6) is 1.81. The molecule has 3 aromatic rings. The second-order valence-electron chi connectivity index (χ2n) is 8.98. The maximum Gasteiger partial charge on any atom is 0.213 e. The summed E-state index contributed by atoms with van der Waals surface area (Å²) in [6.07, 6.45) is 8.77. The lowest BCUT2D eigenvalue weighted by molar-refractivity contribution is 0.0653. The van der Waals surface area contributed by atoms with E-state index < -0.39 is 0 Å². The highest BCUT2D eigenvalue weighted by atomic mass is 19.1. The number of pyridine rings is 1. The fourth-order valence-corrected chi connectivity index (χ4v) is 5.54. The third-order valence-electron chi connectivity index (χ3n) is 7.05. The Morgan fingerprint density at radius 2 is 1.88 bits per heavy atom. The average molecular weight is 432 g/mol. The molecule has 0 radical (unpaired) electrons. The van der Waals surface area contributed by atoms with Crippen molar-refractivity contribution >= 4 is 5.78 Å². The molecule has 6 heteroatoms. The van der Waals surface area contributed by atoms with Crippen LogP contribution >= 0.6 is 0 Å². The van der Waals surface area contributed by atoms with Gasteiger partial charge in [-0.2, -0.15) is 0 Å². The van der Waals surface area contributed by atoms with Crippen LogP contribution < -0.4 is 4.74 Å². The fraction of sp³-hybridized carbons (Fsp3) is 0.385. The van der Waals surface area contributed by atoms with Crippen molar-refractivity contribution in [1.29, 1.82) is 0 Å². The molecule has 32 heavy (non-hydrogen) atoms. The number of aromatic nitrogens is 3. The van der Waals surface area contributed by atoms with Gasteiger partial charge in [-0.3, -0.25) is 4.79 Å². The van der Waals surface area contributed by atoms with E-state index in [1.807, 2.05) is 25.1 Å². The average Bonchev–Trinajstić information content (AvgIpc) is 3.13. The fourth-order valence-electron chi connectivity index (χ4n) is 5.54. The van der Waals surface area contributed by atoms with Crippen LogP contribution in [0.3, 0.4) is 0 Å². The SMILES string of the molecule is Cc1ccc(-c2ncccn2)c(C(=O)C2C3CCC(COc4ccc(F)cn4)C2CC3)c1. The first-order chi connectivity index (χ1) is 15.6. The van der Waals surface area contributed by atoms with Gasteiger partial charge in [-0.05, 0) is 68.6 Å². The molecule has 2 bridgehead atoms. The summed E-state index contributed by atoms with van der Waals surface area (Å²) in [5, 5.41) is 0. The van der Waals surface area contributed by atoms with Crippen molar-refractivity contribution in [2.75, 3.05) is 6.61 Å². The minimum atomic E-state index is -0.379. The monoisotopic (exact) mass is 431 g/mol. The molecule has 0 saturated heterocycles. The molecule has 0 N–H and O–H groups in total. The van der Waals surface area contributed by atoms with Gasteiger partial charge in [-0.25, -0.2) is 19.3 Å². The number of benzene rings is 1. The molecule has 1 aromatic carbocycles. The molecule has 0 aliphatic heterocycles. The van der Waals surface area contributed by atoms with E-state index in [9.17, 15) is 9.18 Å². The molecule has 4 unspecified atom stereocenters. The van der Waals surface area contributed by atoms with Crippen molar-refractivity contribution in [2.24, 2.45) is 23.7 Å². The Bertz CT molecular complexity index is 1100. The van der Waals surface area contributed by atoms with Crippen molar-refractivity contribution < 1.29 is 13.9 Å². The summed E-state index contributed by atoms with van der Waals surface area (Å²) in [5.41, 5.74) is 2.58. The second kappa shape index (κ2) is 8.77. The van der Waals surface area contributed by atoms with Gasteiger partial charge in [0.15, 0.2) is 11.6 Å². The van der Waals surface area contributed by atoms with Gasteiger partial charge in [0.05, 0.1) is 12.8 Å². The number of ketones is 1. The predicted molar refractivity (Wildman–Crippen MR) is 119 cm³/mol. The first kappa shape index (κ1) is 20.7. The number of hydrogen-bond acceptors (Lipinski definition) is 5. The molecule has 5 rings (SSSR count). The number of carbonyl (C=O) groups excluding carboxylic acids is 1. The van der Waals surface area contributed by atoms with Crippen molar-refractivity contribution in [2.45, 2.75) is 32.6 Å². The highest BCUT2D eigenvalue weighted by Gasteiger charge is 2.48. The smallest absolute Gasteiger partial charge is 0.213 e. The minimum Gasteiger partial charge on any atom is -0.477 e. The van der Waals surface area contributed by atoms with Crippen molar-refractivity contribution in [1.82, 2.24) is 15.0 Å². The van der Waals surface area contributed by atoms with Crippen LogP contribution in [0, 0.1) is 36.4 Å². The lowest BCUT2D eigenvalue weighted by Gasteiger charge is -2.35. The Morgan fingerprint density at radius 1 is 1.06 bits per heavy atom. The van der Waals surface area contributed by atoms with Crippen molar-refractivity contribution in [3.05, 3.63) is 71.9 Å². The van der Waals surface area contributed by atoms with Crippen LogP contribution in [0.1, 0.15) is 41.6 Å². The number of fused-ring (bicyclic) bond motifs is 2. The molecule has 2 fully saturated rings. The van der Waals surface area contributed by atoms with Gasteiger partial charge in [0.2, 0.25) is 5.88 Å². The van der Waals surface area contributed by atoms with Gasteiger partial charge in [-0.1, -0.05) is 17.7 Å². The van der Waals surface area contributed by atoms with E-state index in [2.05, 4.69) is 15.0 Å². The number of halogens is 1. The summed E-state index contributed by atoms with van der Waals surface area (Å²) in [4.78, 5) is 26.7. The van der Waals surface area contributed by atoms with Crippen molar-refractivity contribution in [3.8, 4) is 17.3 Å². The van der Waals surface area contributed by atoms with Crippen LogP contribution in [0.5, 0.6) is 5.88 Å². The molecule has 2 aliphatic rings. The first-order valence-corrected chi connectivity index (χ1v) is 11.3. The molecule has 0 spiro atoms. The summed E-state index contributed by atoms with van der Waals surface area (Å²) in [6, 6.07) is 10.6. The zero-order valence-corrected chi connectivity index (χ0v) is 18.1. The van der Waals surface area contributed by atoms with Crippen LogP contribution in [0.2, 0.25) is 0 Å². The maximum absolute atomic E-state index is 13.9. The van der Waals surface area contributed by atoms with E-state index >= 15 is 0 Å². The molecule has 2 saturated carbocycles. The van der Waals surface area contributed by atoms with Gasteiger partial charge >= 0.3 is 0 Å². The van der Waals surface area contributed by atoms with Gasteiger partial charge < -0.3 is 4.74 Å². The van der Waals surface area contributed by atoms with Crippen LogP contribution in [0.25, 0.3) is 11.4 Å². The van der Waals surface area contributed by atoms with E-state index in [0.29, 0.717) is 24.2 Å².